The molecule has 0 aromatic heterocycles. The van der Waals surface area contributed by atoms with E-state index in [-0.39, 0.29) is 18.6 Å². The lowest BCUT2D eigenvalue weighted by Gasteiger charge is -2.28. The average molecular weight is 293 g/mol. The van der Waals surface area contributed by atoms with Crippen molar-refractivity contribution in [1.82, 2.24) is 4.90 Å². The third kappa shape index (κ3) is 4.25. The Balaban J connectivity index is 1.90. The third-order valence-corrected chi connectivity index (χ3v) is 4.79. The Bertz CT molecular complexity index is 433. The molecule has 1 aliphatic rings. The van der Waals surface area contributed by atoms with Crippen LogP contribution in [-0.4, -0.2) is 40.9 Å². The summed E-state index contributed by atoms with van der Waals surface area (Å²) in [5.74, 6) is 0.607. The van der Waals surface area contributed by atoms with Crippen LogP contribution in [0, 0.1) is 6.92 Å². The van der Waals surface area contributed by atoms with E-state index < -0.39 is 0 Å². The molecule has 1 aromatic rings. The van der Waals surface area contributed by atoms with Crippen molar-refractivity contribution in [2.45, 2.75) is 43.5 Å². The summed E-state index contributed by atoms with van der Waals surface area (Å²) in [5.41, 5.74) is 1.23. The number of aliphatic hydroxyl groups is 1. The van der Waals surface area contributed by atoms with Crippen LogP contribution in [-0.2, 0) is 4.79 Å². The summed E-state index contributed by atoms with van der Waals surface area (Å²) in [6, 6.07) is 8.26. The second kappa shape index (κ2) is 7.70. The quantitative estimate of drug-likeness (QED) is 0.868. The maximum atomic E-state index is 12.4. The SMILES string of the molecule is Cc1ccc(SCC(=O)N2CCCCCC2CO)cc1. The summed E-state index contributed by atoms with van der Waals surface area (Å²) in [6.07, 6.45) is 4.25. The van der Waals surface area contributed by atoms with Crippen molar-refractivity contribution < 1.29 is 9.90 Å². The highest BCUT2D eigenvalue weighted by Gasteiger charge is 2.24. The van der Waals surface area contributed by atoms with Crippen molar-refractivity contribution in [2.75, 3.05) is 18.9 Å². The molecule has 1 saturated heterocycles. The topological polar surface area (TPSA) is 40.5 Å². The number of hydrogen-bond donors (Lipinski definition) is 1. The van der Waals surface area contributed by atoms with Crippen LogP contribution in [0.4, 0.5) is 0 Å². The summed E-state index contributed by atoms with van der Waals surface area (Å²) >= 11 is 1.58. The molecule has 3 nitrogen and oxygen atoms in total. The number of aryl methyl sites for hydroxylation is 1. The number of amides is 1. The van der Waals surface area contributed by atoms with Gasteiger partial charge >= 0.3 is 0 Å². The number of rotatable bonds is 4. The predicted molar refractivity (Wildman–Crippen MR) is 83.0 cm³/mol. The number of carbonyl (C=O) groups is 1. The average Bonchev–Trinajstić information content (AvgIpc) is 2.71. The fraction of sp³-hybridized carbons (Fsp3) is 0.562. The van der Waals surface area contributed by atoms with E-state index in [0.29, 0.717) is 5.75 Å². The van der Waals surface area contributed by atoms with E-state index in [2.05, 4.69) is 31.2 Å². The van der Waals surface area contributed by atoms with Gasteiger partial charge in [-0.1, -0.05) is 30.5 Å². The van der Waals surface area contributed by atoms with Crippen LogP contribution in [0.1, 0.15) is 31.2 Å². The van der Waals surface area contributed by atoms with Gasteiger partial charge in [0.1, 0.15) is 0 Å². The van der Waals surface area contributed by atoms with Crippen molar-refractivity contribution >= 4 is 17.7 Å². The molecule has 110 valence electrons. The molecule has 0 aliphatic carbocycles. The van der Waals surface area contributed by atoms with Gasteiger partial charge in [0.05, 0.1) is 18.4 Å². The fourth-order valence-corrected chi connectivity index (χ4v) is 3.34. The molecule has 20 heavy (non-hydrogen) atoms. The van der Waals surface area contributed by atoms with E-state index in [1.54, 1.807) is 11.8 Å². The molecule has 0 bridgehead atoms. The largest absolute Gasteiger partial charge is 0.394 e. The van der Waals surface area contributed by atoms with Gasteiger partial charge in [0.2, 0.25) is 5.91 Å². The molecule has 1 aliphatic heterocycles. The van der Waals surface area contributed by atoms with Gasteiger partial charge in [-0.2, -0.15) is 0 Å². The Morgan fingerprint density at radius 2 is 2.05 bits per heavy atom. The zero-order valence-corrected chi connectivity index (χ0v) is 12.9. The van der Waals surface area contributed by atoms with Crippen LogP contribution in [0.5, 0.6) is 0 Å². The lowest BCUT2D eigenvalue weighted by Crippen LogP contribution is -2.43. The zero-order chi connectivity index (χ0) is 14.4. The van der Waals surface area contributed by atoms with Crippen molar-refractivity contribution in [2.24, 2.45) is 0 Å². The van der Waals surface area contributed by atoms with Crippen molar-refractivity contribution in [3.8, 4) is 0 Å². The predicted octanol–water partition coefficient (Wildman–Crippen LogP) is 2.85. The summed E-state index contributed by atoms with van der Waals surface area (Å²) in [6.45, 7) is 2.93. The number of likely N-dealkylation sites (tertiary alicyclic amines) is 1. The van der Waals surface area contributed by atoms with Gasteiger partial charge in [-0.3, -0.25) is 4.79 Å². The van der Waals surface area contributed by atoms with E-state index in [1.165, 1.54) is 5.56 Å². The Morgan fingerprint density at radius 1 is 1.30 bits per heavy atom. The van der Waals surface area contributed by atoms with Crippen LogP contribution < -0.4 is 0 Å². The lowest BCUT2D eigenvalue weighted by molar-refractivity contribution is -0.131. The Kier molecular flexibility index (Phi) is 5.92. The zero-order valence-electron chi connectivity index (χ0n) is 12.0. The fourth-order valence-electron chi connectivity index (χ4n) is 2.56. The van der Waals surface area contributed by atoms with Crippen molar-refractivity contribution in [3.63, 3.8) is 0 Å². The molecular weight excluding hydrogens is 270 g/mol. The molecule has 2 rings (SSSR count). The second-order valence-electron chi connectivity index (χ2n) is 5.37. The van der Waals surface area contributed by atoms with Crippen LogP contribution >= 0.6 is 11.8 Å². The highest BCUT2D eigenvalue weighted by molar-refractivity contribution is 8.00. The minimum Gasteiger partial charge on any atom is -0.394 e. The monoisotopic (exact) mass is 293 g/mol. The molecule has 1 heterocycles. The van der Waals surface area contributed by atoms with Crippen LogP contribution in [0.3, 0.4) is 0 Å². The second-order valence-corrected chi connectivity index (χ2v) is 6.42. The highest BCUT2D eigenvalue weighted by atomic mass is 32.2. The van der Waals surface area contributed by atoms with Crippen LogP contribution in [0.2, 0.25) is 0 Å². The first-order chi connectivity index (χ1) is 9.70. The lowest BCUT2D eigenvalue weighted by atomic mass is 10.1. The first-order valence-electron chi connectivity index (χ1n) is 7.30. The number of thioether (sulfide) groups is 1. The van der Waals surface area contributed by atoms with Crippen molar-refractivity contribution in [1.29, 1.82) is 0 Å². The normalized spacial score (nSPS) is 19.7. The van der Waals surface area contributed by atoms with E-state index in [1.807, 2.05) is 4.90 Å². The Hall–Kier alpha value is -1.00. The van der Waals surface area contributed by atoms with Gasteiger partial charge in [-0.25, -0.2) is 0 Å². The minimum absolute atomic E-state index is 0.0172. The third-order valence-electron chi connectivity index (χ3n) is 3.79. The summed E-state index contributed by atoms with van der Waals surface area (Å²) < 4.78 is 0. The molecule has 1 fully saturated rings. The molecule has 1 amide bonds. The molecule has 0 saturated carbocycles. The number of aliphatic hydroxyl groups excluding tert-OH is 1. The Labute approximate surface area is 125 Å². The smallest absolute Gasteiger partial charge is 0.233 e. The first kappa shape index (κ1) is 15.4. The highest BCUT2D eigenvalue weighted by Crippen LogP contribution is 2.21. The number of benzene rings is 1. The molecule has 1 unspecified atom stereocenters. The molecule has 4 heteroatoms. The number of hydrogen-bond acceptors (Lipinski definition) is 3. The van der Waals surface area contributed by atoms with Crippen LogP contribution in [0.15, 0.2) is 29.2 Å². The molecule has 1 aromatic carbocycles. The van der Waals surface area contributed by atoms with Gasteiger partial charge < -0.3 is 10.0 Å². The standard InChI is InChI=1S/C16H23NO2S/c1-13-6-8-15(9-7-13)20-12-16(19)17-10-4-2-3-5-14(17)11-18/h6-9,14,18H,2-5,10-12H2,1H3. The summed E-state index contributed by atoms with van der Waals surface area (Å²) in [7, 11) is 0. The minimum atomic E-state index is 0.0172. The van der Waals surface area contributed by atoms with E-state index in [0.717, 1.165) is 37.1 Å². The van der Waals surface area contributed by atoms with E-state index in [4.69, 9.17) is 0 Å². The molecule has 1 atom stereocenters. The van der Waals surface area contributed by atoms with Crippen molar-refractivity contribution in [3.05, 3.63) is 29.8 Å². The van der Waals surface area contributed by atoms with Gasteiger partial charge in [-0.05, 0) is 31.9 Å². The molecular formula is C16H23NO2S. The molecule has 0 radical (unpaired) electrons. The van der Waals surface area contributed by atoms with Crippen LogP contribution in [0.25, 0.3) is 0 Å². The summed E-state index contributed by atoms with van der Waals surface area (Å²) in [4.78, 5) is 15.4. The summed E-state index contributed by atoms with van der Waals surface area (Å²) in [5, 5.41) is 9.45. The number of nitrogens with zero attached hydrogens (tertiary/aromatic N) is 1. The Morgan fingerprint density at radius 3 is 2.75 bits per heavy atom. The molecule has 0 spiro atoms. The van der Waals surface area contributed by atoms with Gasteiger partial charge in [0, 0.05) is 11.4 Å². The maximum absolute atomic E-state index is 12.4. The molecule has 1 N–H and O–H groups in total. The van der Waals surface area contributed by atoms with E-state index >= 15 is 0 Å². The van der Waals surface area contributed by atoms with Gasteiger partial charge in [0.15, 0.2) is 0 Å². The first-order valence-corrected chi connectivity index (χ1v) is 8.29. The maximum Gasteiger partial charge on any atom is 0.233 e. The van der Waals surface area contributed by atoms with Gasteiger partial charge in [-0.15, -0.1) is 11.8 Å². The number of carbonyl (C=O) groups excluding carboxylic acids is 1. The van der Waals surface area contributed by atoms with E-state index in [9.17, 15) is 9.90 Å². The van der Waals surface area contributed by atoms with Gasteiger partial charge in [0.25, 0.3) is 0 Å².